The van der Waals surface area contributed by atoms with Crippen LogP contribution in [0.1, 0.15) is 49.4 Å². The van der Waals surface area contributed by atoms with Gasteiger partial charge in [0, 0.05) is 44.7 Å². The predicted octanol–water partition coefficient (Wildman–Crippen LogP) is 2.29. The summed E-state index contributed by atoms with van der Waals surface area (Å²) in [6.07, 6.45) is 4.84. The molecule has 6 nitrogen and oxygen atoms in total. The highest BCUT2D eigenvalue weighted by Crippen LogP contribution is 2.30. The predicted molar refractivity (Wildman–Crippen MR) is 86.7 cm³/mol. The topological polar surface area (TPSA) is 67.8 Å². The zero-order chi connectivity index (χ0) is 16.4. The number of aromatic nitrogens is 3. The maximum Gasteiger partial charge on any atom is 0.120 e. The lowest BCUT2D eigenvalue weighted by molar-refractivity contribution is 0.0899. The van der Waals surface area contributed by atoms with E-state index in [2.05, 4.69) is 30.3 Å². The second kappa shape index (κ2) is 6.57. The van der Waals surface area contributed by atoms with Crippen LogP contribution in [0, 0.1) is 11.3 Å². The Morgan fingerprint density at radius 1 is 1.52 bits per heavy atom. The Labute approximate surface area is 136 Å². The van der Waals surface area contributed by atoms with E-state index in [4.69, 9.17) is 10.00 Å². The Morgan fingerprint density at radius 2 is 2.35 bits per heavy atom. The zero-order valence-electron chi connectivity index (χ0n) is 13.9. The Hall–Kier alpha value is -2.10. The number of hydrogen-bond acceptors (Lipinski definition) is 4. The van der Waals surface area contributed by atoms with Gasteiger partial charge in [0.25, 0.3) is 0 Å². The number of nitrogens with zero attached hydrogens (tertiary/aromatic N) is 4. The van der Waals surface area contributed by atoms with Crippen molar-refractivity contribution in [3.8, 4) is 6.07 Å². The quantitative estimate of drug-likeness (QED) is 0.919. The van der Waals surface area contributed by atoms with Crippen molar-refractivity contribution < 1.29 is 4.74 Å². The van der Waals surface area contributed by atoms with Gasteiger partial charge in [0.05, 0.1) is 5.69 Å². The molecule has 3 rings (SSSR count). The first kappa shape index (κ1) is 15.8. The maximum atomic E-state index is 9.04. The van der Waals surface area contributed by atoms with Crippen molar-refractivity contribution in [2.75, 3.05) is 6.61 Å². The van der Waals surface area contributed by atoms with Gasteiger partial charge in [-0.2, -0.15) is 10.4 Å². The van der Waals surface area contributed by atoms with Gasteiger partial charge in [-0.3, -0.25) is 4.68 Å². The third-order valence-corrected chi connectivity index (χ3v) is 4.32. The van der Waals surface area contributed by atoms with Gasteiger partial charge in [-0.1, -0.05) is 0 Å². The molecule has 23 heavy (non-hydrogen) atoms. The summed E-state index contributed by atoms with van der Waals surface area (Å²) < 4.78 is 9.84. The second-order valence-electron chi connectivity index (χ2n) is 6.32. The Bertz CT molecular complexity index is 709. The van der Waals surface area contributed by atoms with Gasteiger partial charge in [-0.25, -0.2) is 0 Å². The van der Waals surface area contributed by atoms with E-state index >= 15 is 0 Å². The fourth-order valence-corrected chi connectivity index (χ4v) is 3.16. The molecule has 0 amide bonds. The Kier molecular flexibility index (Phi) is 4.51. The van der Waals surface area contributed by atoms with Crippen molar-refractivity contribution in [2.24, 2.45) is 7.05 Å². The second-order valence-corrected chi connectivity index (χ2v) is 6.32. The van der Waals surface area contributed by atoms with Crippen LogP contribution >= 0.6 is 0 Å². The molecule has 1 saturated heterocycles. The molecular formula is C17H23N5O. The number of rotatable bonds is 5. The van der Waals surface area contributed by atoms with Crippen molar-refractivity contribution in [2.45, 2.75) is 45.0 Å². The van der Waals surface area contributed by atoms with E-state index in [0.29, 0.717) is 11.7 Å². The molecule has 6 heteroatoms. The molecule has 1 aliphatic heterocycles. The molecular weight excluding hydrogens is 290 g/mol. The monoisotopic (exact) mass is 313 g/mol. The van der Waals surface area contributed by atoms with Gasteiger partial charge in [-0.05, 0) is 38.0 Å². The summed E-state index contributed by atoms with van der Waals surface area (Å²) in [5.74, 6) is 0. The van der Waals surface area contributed by atoms with Crippen molar-refractivity contribution in [1.29, 1.82) is 5.26 Å². The van der Waals surface area contributed by atoms with Crippen LogP contribution in [0.25, 0.3) is 0 Å². The summed E-state index contributed by atoms with van der Waals surface area (Å²) >= 11 is 0. The number of ether oxygens (including phenoxy) is 1. The summed E-state index contributed by atoms with van der Waals surface area (Å²) in [4.78, 5) is 0. The molecule has 0 aromatic carbocycles. The summed E-state index contributed by atoms with van der Waals surface area (Å²) in [7, 11) is 1.89. The summed E-state index contributed by atoms with van der Waals surface area (Å²) in [6.45, 7) is 5.74. The fourth-order valence-electron chi connectivity index (χ4n) is 3.16. The third-order valence-electron chi connectivity index (χ3n) is 4.32. The van der Waals surface area contributed by atoms with E-state index in [1.807, 2.05) is 40.8 Å². The normalized spacial score (nSPS) is 21.0. The van der Waals surface area contributed by atoms with E-state index in [9.17, 15) is 0 Å². The van der Waals surface area contributed by atoms with E-state index < -0.39 is 0 Å². The summed E-state index contributed by atoms with van der Waals surface area (Å²) in [5, 5.41) is 17.0. The average molecular weight is 313 g/mol. The van der Waals surface area contributed by atoms with E-state index in [1.54, 1.807) is 0 Å². The summed E-state index contributed by atoms with van der Waals surface area (Å²) in [5.41, 5.74) is 2.92. The highest BCUT2D eigenvalue weighted by molar-refractivity contribution is 5.28. The van der Waals surface area contributed by atoms with Crippen molar-refractivity contribution in [3.63, 3.8) is 0 Å². The fraction of sp³-hybridized carbons (Fsp3) is 0.529. The molecule has 0 aliphatic carbocycles. The molecule has 0 radical (unpaired) electrons. The maximum absolute atomic E-state index is 9.04. The van der Waals surface area contributed by atoms with Crippen LogP contribution in [0.15, 0.2) is 24.5 Å². The average Bonchev–Trinajstić information content (AvgIpc) is 3.23. The smallest absolute Gasteiger partial charge is 0.120 e. The minimum Gasteiger partial charge on any atom is -0.370 e. The molecule has 2 aromatic rings. The molecule has 0 bridgehead atoms. The van der Waals surface area contributed by atoms with Crippen LogP contribution < -0.4 is 5.32 Å². The molecule has 2 aromatic heterocycles. The molecule has 1 N–H and O–H groups in total. The van der Waals surface area contributed by atoms with Crippen LogP contribution in [0.3, 0.4) is 0 Å². The van der Waals surface area contributed by atoms with Crippen molar-refractivity contribution >= 4 is 0 Å². The largest absolute Gasteiger partial charge is 0.370 e. The Balaban J connectivity index is 1.69. The molecule has 0 saturated carbocycles. The van der Waals surface area contributed by atoms with Crippen molar-refractivity contribution in [3.05, 3.63) is 41.5 Å². The summed E-state index contributed by atoms with van der Waals surface area (Å²) in [6, 6.07) is 6.74. The lowest BCUT2D eigenvalue weighted by Gasteiger charge is -2.22. The zero-order valence-corrected chi connectivity index (χ0v) is 13.9. The first-order chi connectivity index (χ1) is 11.1. The standard InChI is InChI=1S/C17H23N5O/c1-12(2)22-16(4-6-20-22)17-15(5-7-23-17)19-10-13-8-14(9-18)21(3)11-13/h4,6,8,11-12,15,17,19H,5,7,10H2,1-3H3/t15-,17-/m0/s1. The SMILES string of the molecule is CC(C)n1nccc1[C@H]1OCC[C@@H]1NCc1cc(C#N)n(C)c1. The number of nitriles is 1. The van der Waals surface area contributed by atoms with Crippen LogP contribution in [-0.4, -0.2) is 27.0 Å². The minimum absolute atomic E-state index is 0.0269. The van der Waals surface area contributed by atoms with Crippen LogP contribution in [0.4, 0.5) is 0 Å². The molecule has 0 spiro atoms. The Morgan fingerprint density at radius 3 is 3.04 bits per heavy atom. The van der Waals surface area contributed by atoms with Gasteiger partial charge in [-0.15, -0.1) is 0 Å². The lowest BCUT2D eigenvalue weighted by atomic mass is 10.1. The van der Waals surface area contributed by atoms with E-state index in [0.717, 1.165) is 30.8 Å². The minimum atomic E-state index is 0.0269. The van der Waals surface area contributed by atoms with Gasteiger partial charge in [0.15, 0.2) is 0 Å². The van der Waals surface area contributed by atoms with Crippen LogP contribution in [0.2, 0.25) is 0 Å². The molecule has 1 aliphatic rings. The molecule has 1 fully saturated rings. The molecule has 2 atom stereocenters. The number of nitrogens with one attached hydrogen (secondary N) is 1. The lowest BCUT2D eigenvalue weighted by Crippen LogP contribution is -2.32. The molecule has 122 valence electrons. The first-order valence-corrected chi connectivity index (χ1v) is 8.04. The van der Waals surface area contributed by atoms with Crippen LogP contribution in [-0.2, 0) is 18.3 Å². The van der Waals surface area contributed by atoms with E-state index in [-0.39, 0.29) is 12.1 Å². The van der Waals surface area contributed by atoms with Crippen LogP contribution in [0.5, 0.6) is 0 Å². The van der Waals surface area contributed by atoms with Gasteiger partial charge < -0.3 is 14.6 Å². The number of aryl methyl sites for hydroxylation is 1. The highest BCUT2D eigenvalue weighted by Gasteiger charge is 2.32. The van der Waals surface area contributed by atoms with Gasteiger partial charge in [0.2, 0.25) is 0 Å². The van der Waals surface area contributed by atoms with Gasteiger partial charge in [0.1, 0.15) is 17.9 Å². The third kappa shape index (κ3) is 3.16. The van der Waals surface area contributed by atoms with Gasteiger partial charge >= 0.3 is 0 Å². The van der Waals surface area contributed by atoms with E-state index in [1.165, 1.54) is 0 Å². The molecule has 0 unspecified atom stereocenters. The molecule has 3 heterocycles. The van der Waals surface area contributed by atoms with Crippen molar-refractivity contribution in [1.82, 2.24) is 19.7 Å². The number of hydrogen-bond donors (Lipinski definition) is 1. The highest BCUT2D eigenvalue weighted by atomic mass is 16.5. The first-order valence-electron chi connectivity index (χ1n) is 8.04.